The second-order valence-electron chi connectivity index (χ2n) is 4.31. The van der Waals surface area contributed by atoms with Crippen molar-refractivity contribution >= 4 is 32.4 Å². The molecule has 1 aliphatic heterocycles. The van der Waals surface area contributed by atoms with Crippen LogP contribution in [0.1, 0.15) is 12.8 Å². The summed E-state index contributed by atoms with van der Waals surface area (Å²) in [6.45, 7) is 0.153. The average molecular weight is 344 g/mol. The number of aromatic nitrogens is 2. The molecule has 19 heavy (non-hydrogen) atoms. The number of rotatable bonds is 3. The van der Waals surface area contributed by atoms with Gasteiger partial charge in [-0.25, -0.2) is 4.68 Å². The van der Waals surface area contributed by atoms with Crippen molar-refractivity contribution in [3.05, 3.63) is 21.0 Å². The van der Waals surface area contributed by atoms with Gasteiger partial charge in [-0.1, -0.05) is 5.92 Å². The van der Waals surface area contributed by atoms with Crippen LogP contribution in [0, 0.1) is 12.3 Å². The maximum absolute atomic E-state index is 11.9. The van der Waals surface area contributed by atoms with Gasteiger partial charge in [0.25, 0.3) is 5.56 Å². The minimum atomic E-state index is -0.690. The average Bonchev–Trinajstić information content (AvgIpc) is 2.41. The fraction of sp³-hybridized carbons (Fsp3) is 0.500. The van der Waals surface area contributed by atoms with Crippen LogP contribution in [0.25, 0.3) is 0 Å². The highest BCUT2D eigenvalue weighted by Gasteiger charge is 2.19. The van der Waals surface area contributed by atoms with Crippen molar-refractivity contribution in [2.24, 2.45) is 0 Å². The molecule has 5 nitrogen and oxygen atoms in total. The Kier molecular flexibility index (Phi) is 4.77. The Morgan fingerprint density at radius 3 is 2.89 bits per heavy atom. The molecule has 0 aliphatic carbocycles. The van der Waals surface area contributed by atoms with Gasteiger partial charge in [-0.3, -0.25) is 9.00 Å². The summed E-state index contributed by atoms with van der Waals surface area (Å²) in [4.78, 5) is 11.9. The molecule has 0 amide bonds. The number of anilines is 1. The van der Waals surface area contributed by atoms with Crippen LogP contribution in [0.5, 0.6) is 0 Å². The van der Waals surface area contributed by atoms with Crippen LogP contribution in [0.2, 0.25) is 0 Å². The number of nitrogens with zero attached hydrogens (tertiary/aromatic N) is 2. The predicted molar refractivity (Wildman–Crippen MR) is 79.6 cm³/mol. The minimum Gasteiger partial charge on any atom is -0.380 e. The van der Waals surface area contributed by atoms with Gasteiger partial charge in [-0.05, 0) is 28.8 Å². The highest BCUT2D eigenvalue weighted by molar-refractivity contribution is 9.10. The minimum absolute atomic E-state index is 0.153. The topological polar surface area (TPSA) is 64.0 Å². The molecule has 0 aromatic carbocycles. The van der Waals surface area contributed by atoms with Gasteiger partial charge in [-0.15, -0.1) is 6.42 Å². The van der Waals surface area contributed by atoms with E-state index in [0.29, 0.717) is 21.7 Å². The van der Waals surface area contributed by atoms with E-state index in [9.17, 15) is 9.00 Å². The number of hydrogen-bond donors (Lipinski definition) is 1. The number of halogens is 1. The van der Waals surface area contributed by atoms with Crippen molar-refractivity contribution in [1.29, 1.82) is 0 Å². The van der Waals surface area contributed by atoms with Crippen molar-refractivity contribution in [3.8, 4) is 12.3 Å². The van der Waals surface area contributed by atoms with Crippen LogP contribution < -0.4 is 10.9 Å². The first-order valence-corrected chi connectivity index (χ1v) is 8.20. The van der Waals surface area contributed by atoms with E-state index in [1.807, 2.05) is 0 Å². The molecule has 1 aliphatic rings. The van der Waals surface area contributed by atoms with Crippen LogP contribution in [0.15, 0.2) is 15.5 Å². The SMILES string of the molecule is C#CCn1ncc(NC2CCS(=O)CC2)c(Br)c1=O. The first-order valence-electron chi connectivity index (χ1n) is 5.92. The summed E-state index contributed by atoms with van der Waals surface area (Å²) >= 11 is 3.28. The summed E-state index contributed by atoms with van der Waals surface area (Å²) in [6.07, 6.45) is 8.44. The van der Waals surface area contributed by atoms with E-state index < -0.39 is 10.8 Å². The Balaban J connectivity index is 2.13. The summed E-state index contributed by atoms with van der Waals surface area (Å²) in [5.74, 6) is 3.79. The van der Waals surface area contributed by atoms with E-state index >= 15 is 0 Å². The van der Waals surface area contributed by atoms with Crippen LogP contribution in [-0.4, -0.2) is 31.5 Å². The molecule has 2 heterocycles. The first kappa shape index (κ1) is 14.3. The van der Waals surface area contributed by atoms with E-state index in [-0.39, 0.29) is 18.1 Å². The van der Waals surface area contributed by atoms with Gasteiger partial charge < -0.3 is 5.32 Å². The molecule has 0 radical (unpaired) electrons. The number of terminal acetylenes is 1. The highest BCUT2D eigenvalue weighted by atomic mass is 79.9. The maximum Gasteiger partial charge on any atom is 0.284 e. The van der Waals surface area contributed by atoms with Crippen molar-refractivity contribution in [2.75, 3.05) is 16.8 Å². The molecule has 102 valence electrons. The molecular weight excluding hydrogens is 330 g/mol. The maximum atomic E-state index is 11.9. The lowest BCUT2D eigenvalue weighted by Gasteiger charge is -2.23. The Hall–Kier alpha value is -1.13. The molecule has 1 fully saturated rings. The van der Waals surface area contributed by atoms with E-state index in [4.69, 9.17) is 6.42 Å². The van der Waals surface area contributed by atoms with Crippen LogP contribution in [0.4, 0.5) is 5.69 Å². The fourth-order valence-corrected chi connectivity index (χ4v) is 3.64. The molecule has 1 N–H and O–H groups in total. The van der Waals surface area contributed by atoms with Crippen molar-refractivity contribution < 1.29 is 4.21 Å². The van der Waals surface area contributed by atoms with Crippen LogP contribution in [0.3, 0.4) is 0 Å². The quantitative estimate of drug-likeness (QED) is 0.830. The van der Waals surface area contributed by atoms with Gasteiger partial charge in [0.2, 0.25) is 0 Å². The smallest absolute Gasteiger partial charge is 0.284 e. The summed E-state index contributed by atoms with van der Waals surface area (Å²) < 4.78 is 13.0. The third-order valence-electron chi connectivity index (χ3n) is 2.97. The summed E-state index contributed by atoms with van der Waals surface area (Å²) in [5, 5.41) is 7.29. The Bertz CT molecular complexity index is 584. The Labute approximate surface area is 122 Å². The zero-order valence-electron chi connectivity index (χ0n) is 10.3. The van der Waals surface area contributed by atoms with Crippen molar-refractivity contribution in [2.45, 2.75) is 25.4 Å². The molecule has 0 spiro atoms. The monoisotopic (exact) mass is 343 g/mol. The summed E-state index contributed by atoms with van der Waals surface area (Å²) in [7, 11) is -0.690. The second kappa shape index (κ2) is 6.35. The molecule has 0 saturated carbocycles. The van der Waals surface area contributed by atoms with E-state index in [1.54, 1.807) is 6.20 Å². The zero-order valence-corrected chi connectivity index (χ0v) is 12.7. The molecule has 1 aromatic rings. The number of hydrogen-bond acceptors (Lipinski definition) is 4. The molecule has 1 aromatic heterocycles. The van der Waals surface area contributed by atoms with Gasteiger partial charge in [0, 0.05) is 28.3 Å². The van der Waals surface area contributed by atoms with Crippen molar-refractivity contribution in [1.82, 2.24) is 9.78 Å². The Morgan fingerprint density at radius 2 is 2.26 bits per heavy atom. The normalized spacial score (nSPS) is 22.7. The largest absolute Gasteiger partial charge is 0.380 e. The molecule has 1 saturated heterocycles. The second-order valence-corrected chi connectivity index (χ2v) is 6.79. The molecule has 0 atom stereocenters. The highest BCUT2D eigenvalue weighted by Crippen LogP contribution is 2.20. The molecule has 0 bridgehead atoms. The van der Waals surface area contributed by atoms with Gasteiger partial charge in [-0.2, -0.15) is 5.10 Å². The molecule has 7 heteroatoms. The van der Waals surface area contributed by atoms with Gasteiger partial charge >= 0.3 is 0 Å². The van der Waals surface area contributed by atoms with Gasteiger partial charge in [0.15, 0.2) is 0 Å². The first-order chi connectivity index (χ1) is 9.11. The summed E-state index contributed by atoms with van der Waals surface area (Å²) in [6, 6.07) is 0.235. The Morgan fingerprint density at radius 1 is 1.58 bits per heavy atom. The third kappa shape index (κ3) is 3.45. The number of nitrogens with one attached hydrogen (secondary N) is 1. The lowest BCUT2D eigenvalue weighted by Crippen LogP contribution is -2.31. The molecular formula is C12H14BrN3O2S. The van der Waals surface area contributed by atoms with Gasteiger partial charge in [0.1, 0.15) is 11.0 Å². The lowest BCUT2D eigenvalue weighted by atomic mass is 10.1. The van der Waals surface area contributed by atoms with Crippen molar-refractivity contribution in [3.63, 3.8) is 0 Å². The summed E-state index contributed by atoms with van der Waals surface area (Å²) in [5.41, 5.74) is 0.415. The fourth-order valence-electron chi connectivity index (χ4n) is 1.92. The zero-order chi connectivity index (χ0) is 13.8. The van der Waals surface area contributed by atoms with E-state index in [2.05, 4.69) is 32.3 Å². The predicted octanol–water partition coefficient (Wildman–Crippen LogP) is 0.962. The van der Waals surface area contributed by atoms with Crippen LogP contribution >= 0.6 is 15.9 Å². The standard InChI is InChI=1S/C12H14BrN3O2S/c1-2-5-16-12(17)11(13)10(8-14-16)15-9-3-6-19(18)7-4-9/h1,8-9,15H,3-7H2. The molecule has 2 rings (SSSR count). The molecule has 0 unspecified atom stereocenters. The van der Waals surface area contributed by atoms with E-state index in [0.717, 1.165) is 12.8 Å². The lowest BCUT2D eigenvalue weighted by molar-refractivity contribution is 0.619. The van der Waals surface area contributed by atoms with Gasteiger partial charge in [0.05, 0.1) is 11.9 Å². The van der Waals surface area contributed by atoms with Crippen LogP contribution in [-0.2, 0) is 17.3 Å². The van der Waals surface area contributed by atoms with E-state index in [1.165, 1.54) is 4.68 Å². The third-order valence-corrected chi connectivity index (χ3v) is 5.12.